The van der Waals surface area contributed by atoms with Gasteiger partial charge in [0.1, 0.15) is 5.82 Å². The number of urea groups is 1. The second kappa shape index (κ2) is 4.94. The number of rotatable bonds is 3. The quantitative estimate of drug-likeness (QED) is 0.886. The lowest BCUT2D eigenvalue weighted by molar-refractivity contribution is 0.194. The molecule has 2 rings (SSSR count). The highest BCUT2D eigenvalue weighted by Gasteiger charge is 2.35. The van der Waals surface area contributed by atoms with Gasteiger partial charge in [0.25, 0.3) is 0 Å². The summed E-state index contributed by atoms with van der Waals surface area (Å²) in [4.78, 5) is 15.4. The molecule has 1 heterocycles. The third kappa shape index (κ3) is 2.46. The summed E-state index contributed by atoms with van der Waals surface area (Å²) in [6.07, 6.45) is 0. The van der Waals surface area contributed by atoms with Crippen LogP contribution in [0.1, 0.15) is 18.5 Å². The summed E-state index contributed by atoms with van der Waals surface area (Å²) in [6, 6.07) is 6.16. The van der Waals surface area contributed by atoms with Crippen molar-refractivity contribution in [2.45, 2.75) is 19.0 Å². The number of hydrogen-bond acceptors (Lipinski definition) is 2. The minimum absolute atomic E-state index is 0.0541. The van der Waals surface area contributed by atoms with Crippen molar-refractivity contribution in [2.75, 3.05) is 20.1 Å². The number of likely N-dealkylation sites (N-methyl/N-ethyl adjacent to an activating group) is 1. The molecule has 1 saturated heterocycles. The minimum Gasteiger partial charge on any atom is -0.326 e. The Bertz CT molecular complexity index is 450. The van der Waals surface area contributed by atoms with Gasteiger partial charge >= 0.3 is 6.03 Å². The highest BCUT2D eigenvalue weighted by atomic mass is 19.1. The summed E-state index contributed by atoms with van der Waals surface area (Å²) in [7, 11) is 1.74. The van der Waals surface area contributed by atoms with Gasteiger partial charge in [0, 0.05) is 26.2 Å². The van der Waals surface area contributed by atoms with Gasteiger partial charge in [-0.1, -0.05) is 12.1 Å². The highest BCUT2D eigenvalue weighted by Crippen LogP contribution is 2.28. The molecule has 1 aliphatic rings. The van der Waals surface area contributed by atoms with E-state index in [0.29, 0.717) is 13.1 Å². The van der Waals surface area contributed by atoms with Crippen LogP contribution in [0.25, 0.3) is 0 Å². The molecule has 2 unspecified atom stereocenters. The van der Waals surface area contributed by atoms with Gasteiger partial charge < -0.3 is 15.5 Å². The van der Waals surface area contributed by atoms with Gasteiger partial charge in [-0.25, -0.2) is 9.18 Å². The molecule has 2 N–H and O–H groups in total. The van der Waals surface area contributed by atoms with E-state index in [1.54, 1.807) is 22.9 Å². The predicted octanol–water partition coefficient (Wildman–Crippen LogP) is 1.58. The Morgan fingerprint density at radius 2 is 2.28 bits per heavy atom. The lowest BCUT2D eigenvalue weighted by atomic mass is 10.1. The van der Waals surface area contributed by atoms with Crippen molar-refractivity contribution < 1.29 is 9.18 Å². The zero-order valence-electron chi connectivity index (χ0n) is 10.6. The lowest BCUT2D eigenvalue weighted by Crippen LogP contribution is -2.38. The molecule has 5 heteroatoms. The molecule has 2 amide bonds. The fraction of sp³-hybridized carbons (Fsp3) is 0.462. The summed E-state index contributed by atoms with van der Waals surface area (Å²) < 4.78 is 13.2. The normalized spacial score (nSPS) is 21.6. The molecule has 4 nitrogen and oxygen atoms in total. The molecule has 1 fully saturated rings. The molecule has 0 radical (unpaired) electrons. The Morgan fingerprint density at radius 3 is 2.89 bits per heavy atom. The number of carbonyl (C=O) groups excluding carboxylic acids is 1. The fourth-order valence-electron chi connectivity index (χ4n) is 2.31. The van der Waals surface area contributed by atoms with Gasteiger partial charge in [0.05, 0.1) is 6.04 Å². The number of carbonyl (C=O) groups is 1. The molecule has 2 atom stereocenters. The molecule has 1 aromatic rings. The first kappa shape index (κ1) is 12.8. The highest BCUT2D eigenvalue weighted by molar-refractivity contribution is 5.77. The monoisotopic (exact) mass is 251 g/mol. The van der Waals surface area contributed by atoms with Crippen molar-refractivity contribution in [3.05, 3.63) is 35.6 Å². The van der Waals surface area contributed by atoms with E-state index < -0.39 is 0 Å². The molecule has 0 aliphatic carbocycles. The van der Waals surface area contributed by atoms with Crippen LogP contribution >= 0.6 is 0 Å². The Labute approximate surface area is 106 Å². The molecular weight excluding hydrogens is 233 g/mol. The summed E-state index contributed by atoms with van der Waals surface area (Å²) >= 11 is 0. The molecular formula is C13H18FN3O. The molecule has 98 valence electrons. The van der Waals surface area contributed by atoms with E-state index in [9.17, 15) is 9.18 Å². The first-order valence-electron chi connectivity index (χ1n) is 6.02. The van der Waals surface area contributed by atoms with Crippen molar-refractivity contribution in [3.8, 4) is 0 Å². The predicted molar refractivity (Wildman–Crippen MR) is 67.5 cm³/mol. The van der Waals surface area contributed by atoms with Crippen LogP contribution in [-0.2, 0) is 0 Å². The van der Waals surface area contributed by atoms with Gasteiger partial charge in [0.15, 0.2) is 0 Å². The number of hydrogen-bond donors (Lipinski definition) is 1. The van der Waals surface area contributed by atoms with Gasteiger partial charge in [-0.05, 0) is 24.6 Å². The van der Waals surface area contributed by atoms with Crippen LogP contribution in [0, 0.1) is 5.82 Å². The van der Waals surface area contributed by atoms with E-state index in [1.165, 1.54) is 12.1 Å². The maximum absolute atomic E-state index is 13.2. The smallest absolute Gasteiger partial charge is 0.320 e. The largest absolute Gasteiger partial charge is 0.326 e. The van der Waals surface area contributed by atoms with Crippen molar-refractivity contribution >= 4 is 6.03 Å². The molecule has 18 heavy (non-hydrogen) atoms. The number of benzene rings is 1. The van der Waals surface area contributed by atoms with Gasteiger partial charge in [-0.2, -0.15) is 0 Å². The fourth-order valence-corrected chi connectivity index (χ4v) is 2.31. The van der Waals surface area contributed by atoms with Crippen molar-refractivity contribution in [2.24, 2.45) is 5.73 Å². The van der Waals surface area contributed by atoms with Crippen LogP contribution in [0.2, 0.25) is 0 Å². The molecule has 1 aliphatic heterocycles. The van der Waals surface area contributed by atoms with Crippen LogP contribution in [0.15, 0.2) is 24.3 Å². The number of halogens is 1. The molecule has 0 bridgehead atoms. The maximum atomic E-state index is 13.2. The van der Waals surface area contributed by atoms with Crippen LogP contribution in [0.3, 0.4) is 0 Å². The standard InChI is InChI=1S/C13H18FN3O/c1-9(15)7-17-8-12(16(2)13(17)18)10-4-3-5-11(14)6-10/h3-6,9,12H,7-8,15H2,1-2H3. The zero-order chi connectivity index (χ0) is 13.3. The summed E-state index contributed by atoms with van der Waals surface area (Å²) in [5.41, 5.74) is 6.53. The second-order valence-corrected chi connectivity index (χ2v) is 4.85. The Hall–Kier alpha value is -1.62. The van der Waals surface area contributed by atoms with Crippen molar-refractivity contribution in [3.63, 3.8) is 0 Å². The first-order valence-corrected chi connectivity index (χ1v) is 6.02. The summed E-state index contributed by atoms with van der Waals surface area (Å²) in [5.74, 6) is -0.279. The van der Waals surface area contributed by atoms with E-state index in [2.05, 4.69) is 0 Å². The van der Waals surface area contributed by atoms with Gasteiger partial charge in [-0.15, -0.1) is 0 Å². The van der Waals surface area contributed by atoms with Crippen molar-refractivity contribution in [1.82, 2.24) is 9.80 Å². The summed E-state index contributed by atoms with van der Waals surface area (Å²) in [5, 5.41) is 0. The van der Waals surface area contributed by atoms with E-state index >= 15 is 0 Å². The number of nitrogens with two attached hydrogens (primary N) is 1. The third-order valence-corrected chi connectivity index (χ3v) is 3.17. The Kier molecular flexibility index (Phi) is 3.52. The zero-order valence-corrected chi connectivity index (χ0v) is 10.6. The second-order valence-electron chi connectivity index (χ2n) is 4.85. The van der Waals surface area contributed by atoms with Crippen LogP contribution in [0.5, 0.6) is 0 Å². The molecule has 0 spiro atoms. The van der Waals surface area contributed by atoms with E-state index in [-0.39, 0.29) is 23.9 Å². The Morgan fingerprint density at radius 1 is 1.56 bits per heavy atom. The van der Waals surface area contributed by atoms with Crippen LogP contribution in [0.4, 0.5) is 9.18 Å². The minimum atomic E-state index is -0.279. The van der Waals surface area contributed by atoms with E-state index in [0.717, 1.165) is 5.56 Å². The Balaban J connectivity index is 2.18. The van der Waals surface area contributed by atoms with E-state index in [4.69, 9.17) is 5.73 Å². The first-order chi connectivity index (χ1) is 8.49. The molecule has 0 saturated carbocycles. The van der Waals surface area contributed by atoms with Gasteiger partial charge in [-0.3, -0.25) is 0 Å². The maximum Gasteiger partial charge on any atom is 0.320 e. The molecule has 0 aromatic heterocycles. The summed E-state index contributed by atoms with van der Waals surface area (Å²) in [6.45, 7) is 2.94. The average Bonchev–Trinajstić information content (AvgIpc) is 2.57. The van der Waals surface area contributed by atoms with E-state index in [1.807, 2.05) is 13.0 Å². The lowest BCUT2D eigenvalue weighted by Gasteiger charge is -2.18. The topological polar surface area (TPSA) is 49.6 Å². The average molecular weight is 251 g/mol. The molecule has 1 aromatic carbocycles. The third-order valence-electron chi connectivity index (χ3n) is 3.17. The number of nitrogens with zero attached hydrogens (tertiary/aromatic N) is 2. The van der Waals surface area contributed by atoms with Crippen LogP contribution < -0.4 is 5.73 Å². The van der Waals surface area contributed by atoms with Crippen LogP contribution in [-0.4, -0.2) is 42.0 Å². The number of amides is 2. The van der Waals surface area contributed by atoms with Gasteiger partial charge in [0.2, 0.25) is 0 Å². The van der Waals surface area contributed by atoms with Crippen molar-refractivity contribution in [1.29, 1.82) is 0 Å². The SMILES string of the molecule is CC(N)CN1CC(c2cccc(F)c2)N(C)C1=O.